The highest BCUT2D eigenvalue weighted by molar-refractivity contribution is 7.89. The zero-order valence-electron chi connectivity index (χ0n) is 18.2. The number of ether oxygens (including phenoxy) is 2. The summed E-state index contributed by atoms with van der Waals surface area (Å²) >= 11 is 0. The average Bonchev–Trinajstić information content (AvgIpc) is 2.68. The summed E-state index contributed by atoms with van der Waals surface area (Å²) in [4.78, 5) is 12.5. The third-order valence-electron chi connectivity index (χ3n) is 4.58. The minimum absolute atomic E-state index is 0.105. The topological polar surface area (TPSA) is 84.9 Å². The van der Waals surface area contributed by atoms with Crippen molar-refractivity contribution in [3.05, 3.63) is 47.5 Å². The van der Waals surface area contributed by atoms with Gasteiger partial charge in [0.1, 0.15) is 11.5 Å². The number of hydrogen-bond acceptors (Lipinski definition) is 5. The number of hydrogen-bond donors (Lipinski definition) is 1. The second kappa shape index (κ2) is 10.4. The van der Waals surface area contributed by atoms with Gasteiger partial charge in [-0.25, -0.2) is 8.42 Å². The number of nitrogens with zero attached hydrogens (tertiary/aromatic N) is 1. The molecule has 2 rings (SSSR count). The number of anilines is 1. The largest absolute Gasteiger partial charge is 0.495 e. The van der Waals surface area contributed by atoms with E-state index in [1.807, 2.05) is 32.0 Å². The van der Waals surface area contributed by atoms with Gasteiger partial charge in [0.2, 0.25) is 15.9 Å². The normalized spacial score (nSPS) is 11.4. The van der Waals surface area contributed by atoms with Gasteiger partial charge in [-0.3, -0.25) is 4.79 Å². The Hall–Kier alpha value is -2.58. The molecule has 0 heterocycles. The summed E-state index contributed by atoms with van der Waals surface area (Å²) in [6.07, 6.45) is 0.114. The molecule has 0 aromatic heterocycles. The molecule has 1 N–H and O–H groups in total. The lowest BCUT2D eigenvalue weighted by Gasteiger charge is -2.19. The average molecular weight is 435 g/mol. The summed E-state index contributed by atoms with van der Waals surface area (Å²) in [5.74, 6) is 0.803. The Balaban J connectivity index is 2.09. The molecule has 0 radical (unpaired) electrons. The Morgan fingerprint density at radius 2 is 1.67 bits per heavy atom. The van der Waals surface area contributed by atoms with Gasteiger partial charge in [-0.15, -0.1) is 0 Å². The molecule has 0 bridgehead atoms. The fourth-order valence-corrected chi connectivity index (χ4v) is 4.63. The molecule has 2 aromatic carbocycles. The van der Waals surface area contributed by atoms with Gasteiger partial charge in [-0.05, 0) is 55.3 Å². The molecule has 0 aliphatic heterocycles. The van der Waals surface area contributed by atoms with Crippen LogP contribution in [0.5, 0.6) is 11.5 Å². The zero-order valence-corrected chi connectivity index (χ0v) is 19.0. The summed E-state index contributed by atoms with van der Waals surface area (Å²) in [5.41, 5.74) is 2.48. The van der Waals surface area contributed by atoms with Crippen LogP contribution in [-0.2, 0) is 14.8 Å². The number of benzene rings is 2. The van der Waals surface area contributed by atoms with Crippen LogP contribution in [0.25, 0.3) is 0 Å². The fourth-order valence-electron chi connectivity index (χ4n) is 3.15. The van der Waals surface area contributed by atoms with E-state index in [4.69, 9.17) is 9.47 Å². The Labute approximate surface area is 179 Å². The third-order valence-corrected chi connectivity index (χ3v) is 6.63. The van der Waals surface area contributed by atoms with E-state index in [0.29, 0.717) is 30.3 Å². The first-order valence-electron chi connectivity index (χ1n) is 9.90. The number of sulfonamides is 1. The molecule has 2 aromatic rings. The predicted molar refractivity (Wildman–Crippen MR) is 118 cm³/mol. The molecule has 30 heavy (non-hydrogen) atoms. The first-order valence-corrected chi connectivity index (χ1v) is 11.3. The monoisotopic (exact) mass is 434 g/mol. The van der Waals surface area contributed by atoms with Gasteiger partial charge in [0.05, 0.1) is 30.7 Å². The lowest BCUT2D eigenvalue weighted by Crippen LogP contribution is -2.30. The van der Waals surface area contributed by atoms with Gasteiger partial charge in [0.15, 0.2) is 0 Å². The molecule has 0 fully saturated rings. The Morgan fingerprint density at radius 3 is 2.23 bits per heavy atom. The fraction of sp³-hybridized carbons (Fsp3) is 0.409. The number of rotatable bonds is 10. The lowest BCUT2D eigenvalue weighted by molar-refractivity contribution is -0.116. The minimum Gasteiger partial charge on any atom is -0.495 e. The zero-order chi connectivity index (χ0) is 22.3. The van der Waals surface area contributed by atoms with Crippen molar-refractivity contribution in [1.29, 1.82) is 0 Å². The van der Waals surface area contributed by atoms with Gasteiger partial charge in [0, 0.05) is 13.1 Å². The number of carbonyl (C=O) groups excluding carboxylic acids is 1. The highest BCUT2D eigenvalue weighted by Crippen LogP contribution is 2.29. The van der Waals surface area contributed by atoms with Crippen molar-refractivity contribution < 1.29 is 22.7 Å². The van der Waals surface area contributed by atoms with E-state index < -0.39 is 10.0 Å². The molecule has 0 unspecified atom stereocenters. The van der Waals surface area contributed by atoms with Gasteiger partial charge in [-0.2, -0.15) is 4.31 Å². The van der Waals surface area contributed by atoms with Crippen LogP contribution in [0.15, 0.2) is 41.3 Å². The predicted octanol–water partition coefficient (Wildman–Crippen LogP) is 3.75. The molecule has 0 saturated carbocycles. The Bertz CT molecular complexity index is 965. The van der Waals surface area contributed by atoms with Gasteiger partial charge in [-0.1, -0.05) is 19.9 Å². The summed E-state index contributed by atoms with van der Waals surface area (Å²) in [5, 5.41) is 2.73. The Kier molecular flexibility index (Phi) is 8.25. The molecular formula is C22H30N2O5S. The van der Waals surface area contributed by atoms with Crippen LogP contribution in [0.3, 0.4) is 0 Å². The quantitative estimate of drug-likeness (QED) is 0.616. The first kappa shape index (κ1) is 23.7. The van der Waals surface area contributed by atoms with Crippen LogP contribution in [0, 0.1) is 13.8 Å². The van der Waals surface area contributed by atoms with Crippen molar-refractivity contribution in [1.82, 2.24) is 4.31 Å². The van der Waals surface area contributed by atoms with E-state index in [-0.39, 0.29) is 23.8 Å². The van der Waals surface area contributed by atoms with E-state index in [2.05, 4.69) is 5.32 Å². The van der Waals surface area contributed by atoms with E-state index in [1.165, 1.54) is 29.6 Å². The van der Waals surface area contributed by atoms with Crippen LogP contribution >= 0.6 is 0 Å². The molecule has 1 amide bonds. The van der Waals surface area contributed by atoms with Crippen molar-refractivity contribution in [3.8, 4) is 11.5 Å². The molecule has 8 heteroatoms. The number of amides is 1. The van der Waals surface area contributed by atoms with E-state index in [0.717, 1.165) is 11.1 Å². The first-order chi connectivity index (χ1) is 14.2. The van der Waals surface area contributed by atoms with Crippen LogP contribution in [-0.4, -0.2) is 45.4 Å². The van der Waals surface area contributed by atoms with E-state index in [9.17, 15) is 13.2 Å². The number of nitrogens with one attached hydrogen (secondary N) is 1. The Morgan fingerprint density at radius 1 is 1.03 bits per heavy atom. The van der Waals surface area contributed by atoms with Crippen molar-refractivity contribution in [2.45, 2.75) is 39.0 Å². The van der Waals surface area contributed by atoms with Crippen molar-refractivity contribution in [2.75, 3.05) is 32.1 Å². The van der Waals surface area contributed by atoms with Gasteiger partial charge in [0.25, 0.3) is 0 Å². The lowest BCUT2D eigenvalue weighted by atomic mass is 10.1. The van der Waals surface area contributed by atoms with Crippen molar-refractivity contribution >= 4 is 21.6 Å². The summed E-state index contributed by atoms with van der Waals surface area (Å²) < 4.78 is 37.8. The van der Waals surface area contributed by atoms with Crippen LogP contribution < -0.4 is 14.8 Å². The smallest absolute Gasteiger partial charge is 0.243 e. The maximum atomic E-state index is 12.8. The minimum atomic E-state index is -3.64. The second-order valence-corrected chi connectivity index (χ2v) is 8.86. The molecule has 0 spiro atoms. The molecule has 164 valence electrons. The molecule has 0 atom stereocenters. The van der Waals surface area contributed by atoms with Crippen LogP contribution in [0.4, 0.5) is 5.69 Å². The highest BCUT2D eigenvalue weighted by atomic mass is 32.2. The molecular weight excluding hydrogens is 404 g/mol. The van der Waals surface area contributed by atoms with Crippen molar-refractivity contribution in [3.63, 3.8) is 0 Å². The molecule has 7 nitrogen and oxygen atoms in total. The highest BCUT2D eigenvalue weighted by Gasteiger charge is 2.23. The second-order valence-electron chi connectivity index (χ2n) is 6.92. The molecule has 0 saturated heterocycles. The third kappa shape index (κ3) is 5.96. The number of methoxy groups -OCH3 is 1. The maximum Gasteiger partial charge on any atom is 0.243 e. The van der Waals surface area contributed by atoms with Gasteiger partial charge < -0.3 is 14.8 Å². The number of carbonyl (C=O) groups is 1. The van der Waals surface area contributed by atoms with E-state index in [1.54, 1.807) is 13.8 Å². The standard InChI is InChI=1S/C22H30N2O5S/c1-6-24(7-2)30(26,27)19-8-9-21(28-5)20(15-19)23-22(25)10-11-29-18-13-16(3)12-17(4)14-18/h8-9,12-15H,6-7,10-11H2,1-5H3,(H,23,25). The maximum absolute atomic E-state index is 12.8. The van der Waals surface area contributed by atoms with Crippen molar-refractivity contribution in [2.24, 2.45) is 0 Å². The van der Waals surface area contributed by atoms with Crippen LogP contribution in [0.2, 0.25) is 0 Å². The number of aryl methyl sites for hydroxylation is 2. The molecule has 0 aliphatic rings. The SMILES string of the molecule is CCN(CC)S(=O)(=O)c1ccc(OC)c(NC(=O)CCOc2cc(C)cc(C)c2)c1. The molecule has 0 aliphatic carbocycles. The summed E-state index contributed by atoms with van der Waals surface area (Å²) in [7, 11) is -2.18. The van der Waals surface area contributed by atoms with Gasteiger partial charge >= 0.3 is 0 Å². The van der Waals surface area contributed by atoms with Crippen LogP contribution in [0.1, 0.15) is 31.4 Å². The summed E-state index contributed by atoms with van der Waals surface area (Å²) in [6.45, 7) is 8.46. The van der Waals surface area contributed by atoms with E-state index >= 15 is 0 Å². The summed E-state index contributed by atoms with van der Waals surface area (Å²) in [6, 6.07) is 10.3.